The van der Waals surface area contributed by atoms with Crippen molar-refractivity contribution < 1.29 is 13.9 Å². The van der Waals surface area contributed by atoms with Gasteiger partial charge in [-0.05, 0) is 31.4 Å². The van der Waals surface area contributed by atoms with E-state index >= 15 is 0 Å². The van der Waals surface area contributed by atoms with Crippen LogP contribution >= 0.6 is 0 Å². The molecule has 2 aromatic rings. The lowest BCUT2D eigenvalue weighted by Gasteiger charge is -2.22. The van der Waals surface area contributed by atoms with E-state index in [0.717, 1.165) is 31.3 Å². The SMILES string of the molecule is O=c1c2occc2ccn1CCOC1CCCCO1. The van der Waals surface area contributed by atoms with Crippen molar-refractivity contribution in [2.24, 2.45) is 0 Å². The minimum atomic E-state index is -0.115. The fourth-order valence-corrected chi connectivity index (χ4v) is 2.29. The summed E-state index contributed by atoms with van der Waals surface area (Å²) in [6.45, 7) is 1.75. The highest BCUT2D eigenvalue weighted by Crippen LogP contribution is 2.13. The first-order valence-corrected chi connectivity index (χ1v) is 6.64. The third kappa shape index (κ3) is 2.72. The number of aromatic nitrogens is 1. The van der Waals surface area contributed by atoms with Crippen molar-refractivity contribution in [3.8, 4) is 0 Å². The molecule has 19 heavy (non-hydrogen) atoms. The van der Waals surface area contributed by atoms with E-state index in [1.54, 1.807) is 16.8 Å². The molecule has 0 amide bonds. The van der Waals surface area contributed by atoms with E-state index in [2.05, 4.69) is 0 Å². The van der Waals surface area contributed by atoms with Gasteiger partial charge in [0.2, 0.25) is 0 Å². The van der Waals surface area contributed by atoms with Crippen molar-refractivity contribution in [1.82, 2.24) is 4.57 Å². The second-order valence-electron chi connectivity index (χ2n) is 4.69. The molecule has 2 aromatic heterocycles. The maximum atomic E-state index is 12.1. The lowest BCUT2D eigenvalue weighted by atomic mass is 10.2. The summed E-state index contributed by atoms with van der Waals surface area (Å²) in [7, 11) is 0. The first-order valence-electron chi connectivity index (χ1n) is 6.64. The van der Waals surface area contributed by atoms with Crippen LogP contribution in [0.3, 0.4) is 0 Å². The number of hydrogen-bond acceptors (Lipinski definition) is 4. The van der Waals surface area contributed by atoms with Crippen LogP contribution < -0.4 is 5.56 Å². The molecule has 1 saturated heterocycles. The topological polar surface area (TPSA) is 53.6 Å². The van der Waals surface area contributed by atoms with Crippen molar-refractivity contribution in [2.75, 3.05) is 13.2 Å². The molecule has 0 bridgehead atoms. The summed E-state index contributed by atoms with van der Waals surface area (Å²) < 4.78 is 17.9. The maximum Gasteiger partial charge on any atom is 0.294 e. The fraction of sp³-hybridized carbons (Fsp3) is 0.500. The second-order valence-corrected chi connectivity index (χ2v) is 4.69. The Bertz CT molecular complexity index is 595. The van der Waals surface area contributed by atoms with Gasteiger partial charge in [0.25, 0.3) is 5.56 Å². The van der Waals surface area contributed by atoms with E-state index in [0.29, 0.717) is 18.7 Å². The summed E-state index contributed by atoms with van der Waals surface area (Å²) in [4.78, 5) is 12.1. The standard InChI is InChI=1S/C14H17NO4/c16-14-13-11(5-9-19-13)4-6-15(14)7-10-18-12-3-1-2-8-17-12/h4-6,9,12H,1-3,7-8,10H2. The quantitative estimate of drug-likeness (QED) is 0.848. The molecule has 1 unspecified atom stereocenters. The lowest BCUT2D eigenvalue weighted by molar-refractivity contribution is -0.163. The number of hydrogen-bond donors (Lipinski definition) is 0. The van der Waals surface area contributed by atoms with E-state index in [-0.39, 0.29) is 11.8 Å². The summed E-state index contributed by atoms with van der Waals surface area (Å²) in [6, 6.07) is 3.66. The van der Waals surface area contributed by atoms with Crippen LogP contribution in [0.4, 0.5) is 0 Å². The average Bonchev–Trinajstić information content (AvgIpc) is 2.92. The molecule has 3 rings (SSSR count). The molecule has 5 heteroatoms. The molecule has 0 aromatic carbocycles. The Labute approximate surface area is 110 Å². The molecule has 1 atom stereocenters. The van der Waals surface area contributed by atoms with E-state index < -0.39 is 0 Å². The highest BCUT2D eigenvalue weighted by molar-refractivity contribution is 5.75. The monoisotopic (exact) mass is 263 g/mol. The summed E-state index contributed by atoms with van der Waals surface area (Å²) in [6.07, 6.45) is 6.37. The molecule has 0 N–H and O–H groups in total. The molecule has 1 fully saturated rings. The van der Waals surface area contributed by atoms with Gasteiger partial charge in [0.15, 0.2) is 11.9 Å². The molecule has 1 aliphatic heterocycles. The van der Waals surface area contributed by atoms with Crippen molar-refractivity contribution in [3.63, 3.8) is 0 Å². The highest BCUT2D eigenvalue weighted by Gasteiger charge is 2.14. The minimum absolute atomic E-state index is 0.114. The Morgan fingerprint density at radius 2 is 2.32 bits per heavy atom. The second kappa shape index (κ2) is 5.59. The van der Waals surface area contributed by atoms with Gasteiger partial charge in [-0.1, -0.05) is 0 Å². The van der Waals surface area contributed by atoms with Crippen molar-refractivity contribution in [2.45, 2.75) is 32.1 Å². The summed E-state index contributed by atoms with van der Waals surface area (Å²) in [5.41, 5.74) is 0.284. The zero-order valence-electron chi connectivity index (χ0n) is 10.7. The number of furan rings is 1. The van der Waals surface area contributed by atoms with E-state index in [1.165, 1.54) is 6.26 Å². The molecule has 0 radical (unpaired) electrons. The molecule has 0 spiro atoms. The Morgan fingerprint density at radius 3 is 3.16 bits per heavy atom. The third-order valence-corrected chi connectivity index (χ3v) is 3.36. The number of fused-ring (bicyclic) bond motifs is 1. The normalized spacial score (nSPS) is 19.9. The van der Waals surface area contributed by atoms with Crippen LogP contribution in [0.5, 0.6) is 0 Å². The molecule has 0 aliphatic carbocycles. The molecule has 102 valence electrons. The van der Waals surface area contributed by atoms with Gasteiger partial charge < -0.3 is 18.5 Å². The van der Waals surface area contributed by atoms with Gasteiger partial charge in [-0.15, -0.1) is 0 Å². The van der Waals surface area contributed by atoms with Gasteiger partial charge >= 0.3 is 0 Å². The van der Waals surface area contributed by atoms with Gasteiger partial charge in [0.1, 0.15) is 0 Å². The minimum Gasteiger partial charge on any atom is -0.459 e. The zero-order valence-corrected chi connectivity index (χ0v) is 10.7. The Balaban J connectivity index is 1.61. The van der Waals surface area contributed by atoms with Crippen molar-refractivity contribution in [3.05, 3.63) is 34.9 Å². The maximum absolute atomic E-state index is 12.1. The average molecular weight is 263 g/mol. The smallest absolute Gasteiger partial charge is 0.294 e. The molecular weight excluding hydrogens is 246 g/mol. The number of pyridine rings is 1. The van der Waals surface area contributed by atoms with E-state index in [9.17, 15) is 4.79 Å². The van der Waals surface area contributed by atoms with Gasteiger partial charge in [0, 0.05) is 24.7 Å². The predicted octanol–water partition coefficient (Wildman–Crippen LogP) is 2.14. The summed E-state index contributed by atoms with van der Waals surface area (Å²) in [5, 5.41) is 0.831. The Kier molecular flexibility index (Phi) is 3.66. The number of rotatable bonds is 4. The first-order chi connectivity index (χ1) is 9.34. The van der Waals surface area contributed by atoms with Gasteiger partial charge in [0.05, 0.1) is 12.9 Å². The van der Waals surface area contributed by atoms with Crippen LogP contribution in [0, 0.1) is 0 Å². The van der Waals surface area contributed by atoms with Gasteiger partial charge in [-0.3, -0.25) is 4.79 Å². The predicted molar refractivity (Wildman–Crippen MR) is 70.0 cm³/mol. The Hall–Kier alpha value is -1.59. The van der Waals surface area contributed by atoms with Crippen molar-refractivity contribution in [1.29, 1.82) is 0 Å². The first kappa shape index (κ1) is 12.4. The van der Waals surface area contributed by atoms with Crippen LogP contribution in [-0.4, -0.2) is 24.1 Å². The van der Waals surface area contributed by atoms with Crippen LogP contribution in [0.1, 0.15) is 19.3 Å². The molecular formula is C14H17NO4. The summed E-state index contributed by atoms with van der Waals surface area (Å²) >= 11 is 0. The Morgan fingerprint density at radius 1 is 1.37 bits per heavy atom. The van der Waals surface area contributed by atoms with Gasteiger partial charge in [-0.25, -0.2) is 0 Å². The number of nitrogens with zero attached hydrogens (tertiary/aromatic N) is 1. The highest BCUT2D eigenvalue weighted by atomic mass is 16.7. The molecule has 3 heterocycles. The van der Waals surface area contributed by atoms with Crippen molar-refractivity contribution >= 4 is 11.0 Å². The summed E-state index contributed by atoms with van der Waals surface area (Å²) in [5.74, 6) is 0. The largest absolute Gasteiger partial charge is 0.459 e. The third-order valence-electron chi connectivity index (χ3n) is 3.36. The molecule has 1 aliphatic rings. The van der Waals surface area contributed by atoms with E-state index in [1.807, 2.05) is 6.07 Å². The fourth-order valence-electron chi connectivity index (χ4n) is 2.29. The molecule has 0 saturated carbocycles. The molecule has 5 nitrogen and oxygen atoms in total. The lowest BCUT2D eigenvalue weighted by Crippen LogP contribution is -2.26. The van der Waals surface area contributed by atoms with Gasteiger partial charge in [-0.2, -0.15) is 0 Å². The number of ether oxygens (including phenoxy) is 2. The van der Waals surface area contributed by atoms with Crippen LogP contribution in [0.15, 0.2) is 33.8 Å². The van der Waals surface area contributed by atoms with Crippen LogP contribution in [0.25, 0.3) is 11.0 Å². The van der Waals surface area contributed by atoms with E-state index in [4.69, 9.17) is 13.9 Å². The van der Waals surface area contributed by atoms with Crippen LogP contribution in [0.2, 0.25) is 0 Å². The zero-order chi connectivity index (χ0) is 13.1. The van der Waals surface area contributed by atoms with Crippen LogP contribution in [-0.2, 0) is 16.0 Å².